The predicted molar refractivity (Wildman–Crippen MR) is 75.5 cm³/mol. The summed E-state index contributed by atoms with van der Waals surface area (Å²) in [7, 11) is 1.28. The molecule has 3 N–H and O–H groups in total. The molecule has 1 fully saturated rings. The van der Waals surface area contributed by atoms with Gasteiger partial charge in [0.15, 0.2) is 0 Å². The molecule has 0 radical (unpaired) electrons. The van der Waals surface area contributed by atoms with Crippen LogP contribution < -0.4 is 10.6 Å². The lowest BCUT2D eigenvalue weighted by atomic mass is 9.89. The first-order valence-corrected chi connectivity index (χ1v) is 7.10. The number of nitrogens with one attached hydrogen (secondary N) is 2. The summed E-state index contributed by atoms with van der Waals surface area (Å²) in [4.78, 5) is 34.5. The Bertz CT molecular complexity index is 410. The minimum Gasteiger partial charge on any atom is -0.480 e. The SMILES string of the molecule is COC(=O)[C@@H]1C[C@H](C(=O)O)N[C@H]1C(CC(C)C)NC(C)=O. The van der Waals surface area contributed by atoms with Crippen molar-refractivity contribution in [2.45, 2.75) is 51.7 Å². The van der Waals surface area contributed by atoms with Crippen LogP contribution in [0.3, 0.4) is 0 Å². The quantitative estimate of drug-likeness (QED) is 0.603. The molecule has 0 bridgehead atoms. The highest BCUT2D eigenvalue weighted by atomic mass is 16.5. The largest absolute Gasteiger partial charge is 0.480 e. The van der Waals surface area contributed by atoms with Gasteiger partial charge in [0, 0.05) is 19.0 Å². The van der Waals surface area contributed by atoms with E-state index < -0.39 is 29.9 Å². The van der Waals surface area contributed by atoms with Crippen molar-refractivity contribution < 1.29 is 24.2 Å². The van der Waals surface area contributed by atoms with Crippen LogP contribution >= 0.6 is 0 Å². The summed E-state index contributed by atoms with van der Waals surface area (Å²) in [5, 5.41) is 14.9. The second-order valence-electron chi connectivity index (χ2n) is 5.89. The standard InChI is InChI=1S/C14H24N2O5/c1-7(2)5-10(15-8(3)17)12-9(14(20)21-4)6-11(16-12)13(18)19/h7,9-12,16H,5-6H2,1-4H3,(H,15,17)(H,18,19)/t9-,10?,11-,12-/m1/s1. The molecular weight excluding hydrogens is 276 g/mol. The molecule has 7 heteroatoms. The molecule has 0 saturated carbocycles. The van der Waals surface area contributed by atoms with E-state index in [4.69, 9.17) is 9.84 Å². The molecule has 1 rings (SSSR count). The molecule has 120 valence electrons. The monoisotopic (exact) mass is 300 g/mol. The van der Waals surface area contributed by atoms with Crippen molar-refractivity contribution in [2.24, 2.45) is 11.8 Å². The zero-order chi connectivity index (χ0) is 16.2. The van der Waals surface area contributed by atoms with Crippen molar-refractivity contribution in [3.05, 3.63) is 0 Å². The molecular formula is C14H24N2O5. The Morgan fingerprint density at radius 1 is 1.38 bits per heavy atom. The van der Waals surface area contributed by atoms with Crippen molar-refractivity contribution in [3.8, 4) is 0 Å². The molecule has 0 spiro atoms. The summed E-state index contributed by atoms with van der Waals surface area (Å²) in [6.07, 6.45) is 0.817. The Labute approximate surface area is 124 Å². The summed E-state index contributed by atoms with van der Waals surface area (Å²) in [6.45, 7) is 5.42. The Hall–Kier alpha value is -1.63. The number of esters is 1. The average Bonchev–Trinajstić information content (AvgIpc) is 2.81. The lowest BCUT2D eigenvalue weighted by Gasteiger charge is -2.29. The van der Waals surface area contributed by atoms with Gasteiger partial charge in [-0.3, -0.25) is 19.7 Å². The highest BCUT2D eigenvalue weighted by molar-refractivity contribution is 5.79. The van der Waals surface area contributed by atoms with Crippen LogP contribution in [0.15, 0.2) is 0 Å². The molecule has 0 aromatic heterocycles. The predicted octanol–water partition coefficient (Wildman–Crippen LogP) is 0.142. The molecule has 0 aromatic rings. The molecule has 0 aromatic carbocycles. The average molecular weight is 300 g/mol. The Kier molecular flexibility index (Phi) is 6.14. The second kappa shape index (κ2) is 7.40. The number of aliphatic carboxylic acids is 1. The van der Waals surface area contributed by atoms with Gasteiger partial charge in [-0.2, -0.15) is 0 Å². The van der Waals surface area contributed by atoms with Gasteiger partial charge >= 0.3 is 11.9 Å². The van der Waals surface area contributed by atoms with Crippen LogP contribution in [0, 0.1) is 11.8 Å². The van der Waals surface area contributed by atoms with Gasteiger partial charge in [0.2, 0.25) is 5.91 Å². The summed E-state index contributed by atoms with van der Waals surface area (Å²) in [5.41, 5.74) is 0. The van der Waals surface area contributed by atoms with Crippen LogP contribution in [-0.4, -0.2) is 48.2 Å². The highest BCUT2D eigenvalue weighted by Crippen LogP contribution is 2.27. The first-order valence-electron chi connectivity index (χ1n) is 7.10. The number of carbonyl (C=O) groups is 3. The molecule has 1 aliphatic rings. The first kappa shape index (κ1) is 17.4. The van der Waals surface area contributed by atoms with Gasteiger partial charge in [-0.25, -0.2) is 0 Å². The molecule has 7 nitrogen and oxygen atoms in total. The zero-order valence-electron chi connectivity index (χ0n) is 12.9. The lowest BCUT2D eigenvalue weighted by Crippen LogP contribution is -2.53. The molecule has 1 amide bonds. The number of hydrogen-bond acceptors (Lipinski definition) is 5. The lowest BCUT2D eigenvalue weighted by molar-refractivity contribution is -0.146. The Morgan fingerprint density at radius 2 is 2.00 bits per heavy atom. The van der Waals surface area contributed by atoms with E-state index in [0.29, 0.717) is 12.3 Å². The number of carbonyl (C=O) groups excluding carboxylic acids is 2. The maximum absolute atomic E-state index is 11.9. The van der Waals surface area contributed by atoms with Gasteiger partial charge in [0.05, 0.1) is 13.0 Å². The van der Waals surface area contributed by atoms with Gasteiger partial charge in [-0.05, 0) is 18.8 Å². The first-order chi connectivity index (χ1) is 9.76. The zero-order valence-corrected chi connectivity index (χ0v) is 12.9. The molecule has 1 saturated heterocycles. The number of rotatable bonds is 6. The fraction of sp³-hybridized carbons (Fsp3) is 0.786. The van der Waals surface area contributed by atoms with Gasteiger partial charge in [-0.1, -0.05) is 13.8 Å². The minimum atomic E-state index is -1.00. The van der Waals surface area contributed by atoms with Crippen LogP contribution in [0.5, 0.6) is 0 Å². The Morgan fingerprint density at radius 3 is 2.43 bits per heavy atom. The molecule has 1 aliphatic heterocycles. The van der Waals surface area contributed by atoms with Crippen LogP contribution in [0.2, 0.25) is 0 Å². The maximum atomic E-state index is 11.9. The van der Waals surface area contributed by atoms with Crippen molar-refractivity contribution >= 4 is 17.8 Å². The summed E-state index contributed by atoms with van der Waals surface area (Å²) in [6, 6.07) is -1.55. The number of carboxylic acids is 1. The molecule has 4 atom stereocenters. The van der Waals surface area contributed by atoms with E-state index in [1.807, 2.05) is 13.8 Å². The van der Waals surface area contributed by atoms with Gasteiger partial charge in [-0.15, -0.1) is 0 Å². The fourth-order valence-corrected chi connectivity index (χ4v) is 2.84. The fourth-order valence-electron chi connectivity index (χ4n) is 2.84. The van der Waals surface area contributed by atoms with Gasteiger partial charge in [0.25, 0.3) is 0 Å². The third kappa shape index (κ3) is 4.70. The van der Waals surface area contributed by atoms with E-state index in [1.54, 1.807) is 0 Å². The van der Waals surface area contributed by atoms with E-state index in [0.717, 1.165) is 0 Å². The van der Waals surface area contributed by atoms with E-state index in [-0.39, 0.29) is 18.4 Å². The molecule has 21 heavy (non-hydrogen) atoms. The van der Waals surface area contributed by atoms with Gasteiger partial charge < -0.3 is 15.2 Å². The topological polar surface area (TPSA) is 105 Å². The summed E-state index contributed by atoms with van der Waals surface area (Å²) in [5.74, 6) is -1.93. The van der Waals surface area contributed by atoms with E-state index >= 15 is 0 Å². The van der Waals surface area contributed by atoms with Crippen molar-refractivity contribution in [1.82, 2.24) is 10.6 Å². The van der Waals surface area contributed by atoms with E-state index in [1.165, 1.54) is 14.0 Å². The van der Waals surface area contributed by atoms with E-state index in [2.05, 4.69) is 10.6 Å². The van der Waals surface area contributed by atoms with Crippen LogP contribution in [0.25, 0.3) is 0 Å². The molecule has 1 heterocycles. The number of amides is 1. The maximum Gasteiger partial charge on any atom is 0.320 e. The van der Waals surface area contributed by atoms with Crippen molar-refractivity contribution in [3.63, 3.8) is 0 Å². The number of ether oxygens (including phenoxy) is 1. The highest BCUT2D eigenvalue weighted by Gasteiger charge is 2.45. The number of carboxylic acid groups (broad SMARTS) is 1. The molecule has 0 aliphatic carbocycles. The summed E-state index contributed by atoms with van der Waals surface area (Å²) >= 11 is 0. The normalized spacial score (nSPS) is 26.4. The van der Waals surface area contributed by atoms with E-state index in [9.17, 15) is 14.4 Å². The third-order valence-electron chi connectivity index (χ3n) is 3.67. The van der Waals surface area contributed by atoms with Crippen LogP contribution in [0.1, 0.15) is 33.6 Å². The number of hydrogen-bond donors (Lipinski definition) is 3. The van der Waals surface area contributed by atoms with Crippen LogP contribution in [-0.2, 0) is 19.1 Å². The van der Waals surface area contributed by atoms with Crippen LogP contribution in [0.4, 0.5) is 0 Å². The second-order valence-corrected chi connectivity index (χ2v) is 5.89. The smallest absolute Gasteiger partial charge is 0.320 e. The summed E-state index contributed by atoms with van der Waals surface area (Å²) < 4.78 is 4.77. The third-order valence-corrected chi connectivity index (χ3v) is 3.67. The molecule has 1 unspecified atom stereocenters. The number of methoxy groups -OCH3 is 1. The van der Waals surface area contributed by atoms with Crippen molar-refractivity contribution in [1.29, 1.82) is 0 Å². The van der Waals surface area contributed by atoms with Gasteiger partial charge in [0.1, 0.15) is 6.04 Å². The van der Waals surface area contributed by atoms with Crippen molar-refractivity contribution in [2.75, 3.05) is 7.11 Å². The Balaban J connectivity index is 2.96. The minimum absolute atomic E-state index is 0.168.